The van der Waals surface area contributed by atoms with E-state index >= 15 is 0 Å². The summed E-state index contributed by atoms with van der Waals surface area (Å²) in [5.74, 6) is -1.09. The molecule has 0 aliphatic carbocycles. The van der Waals surface area contributed by atoms with Crippen LogP contribution in [0.1, 0.15) is 11.1 Å². The van der Waals surface area contributed by atoms with Crippen LogP contribution in [0.4, 0.5) is 5.00 Å². The van der Waals surface area contributed by atoms with E-state index < -0.39 is 18.5 Å². The summed E-state index contributed by atoms with van der Waals surface area (Å²) in [4.78, 5) is 24.5. The zero-order valence-corrected chi connectivity index (χ0v) is 14.4. The van der Waals surface area contributed by atoms with Gasteiger partial charge in [0.15, 0.2) is 6.61 Å². The number of hydrogen-bond donors (Lipinski definition) is 1. The Balaban J connectivity index is 1.80. The first-order valence-corrected chi connectivity index (χ1v) is 8.99. The first-order valence-electron chi connectivity index (χ1n) is 6.88. The molecule has 5 nitrogen and oxygen atoms in total. The number of thiophene rings is 1. The van der Waals surface area contributed by atoms with Gasteiger partial charge in [0.1, 0.15) is 11.1 Å². The second kappa shape index (κ2) is 8.91. The van der Waals surface area contributed by atoms with Crippen LogP contribution in [0.5, 0.6) is 0 Å². The van der Waals surface area contributed by atoms with E-state index in [9.17, 15) is 9.59 Å². The van der Waals surface area contributed by atoms with Gasteiger partial charge in [-0.25, -0.2) is 4.79 Å². The van der Waals surface area contributed by atoms with Gasteiger partial charge >= 0.3 is 5.97 Å². The van der Waals surface area contributed by atoms with Crippen molar-refractivity contribution >= 4 is 46.1 Å². The molecule has 122 valence electrons. The summed E-state index contributed by atoms with van der Waals surface area (Å²) in [6.45, 7) is -0.405. The average molecular weight is 358 g/mol. The lowest BCUT2D eigenvalue weighted by Crippen LogP contribution is -2.19. The van der Waals surface area contributed by atoms with Crippen LogP contribution in [0.15, 0.2) is 46.7 Å². The minimum atomic E-state index is -0.606. The van der Waals surface area contributed by atoms with Crippen LogP contribution in [0, 0.1) is 11.3 Å². The molecule has 0 saturated carbocycles. The molecule has 24 heavy (non-hydrogen) atoms. The van der Waals surface area contributed by atoms with Crippen LogP contribution in [0.3, 0.4) is 0 Å². The van der Waals surface area contributed by atoms with Gasteiger partial charge in [-0.1, -0.05) is 12.1 Å². The standard InChI is InChI=1S/C17H14N2O3S2/c1-23-14-5-2-12(3-6-14)4-7-16(21)22-11-15(20)19-17-13(10-18)8-9-24-17/h2-9H,11H2,1H3,(H,19,20). The van der Waals surface area contributed by atoms with Crippen molar-refractivity contribution in [1.29, 1.82) is 5.26 Å². The Morgan fingerprint density at radius 1 is 1.33 bits per heavy atom. The summed E-state index contributed by atoms with van der Waals surface area (Å²) in [5, 5.41) is 13.5. The summed E-state index contributed by atoms with van der Waals surface area (Å²) in [7, 11) is 0. The van der Waals surface area contributed by atoms with Gasteiger partial charge < -0.3 is 10.1 Å². The predicted molar refractivity (Wildman–Crippen MR) is 95.9 cm³/mol. The lowest BCUT2D eigenvalue weighted by Gasteiger charge is -2.03. The summed E-state index contributed by atoms with van der Waals surface area (Å²) >= 11 is 2.87. The molecule has 0 radical (unpaired) electrons. The quantitative estimate of drug-likeness (QED) is 0.485. The van der Waals surface area contributed by atoms with Crippen molar-refractivity contribution in [2.75, 3.05) is 18.2 Å². The number of ether oxygens (including phenoxy) is 1. The Kier molecular flexibility index (Phi) is 6.61. The van der Waals surface area contributed by atoms with E-state index in [1.165, 1.54) is 17.4 Å². The largest absolute Gasteiger partial charge is 0.452 e. The molecule has 0 aliphatic rings. The lowest BCUT2D eigenvalue weighted by molar-refractivity contribution is -0.142. The van der Waals surface area contributed by atoms with Gasteiger partial charge in [-0.15, -0.1) is 23.1 Å². The van der Waals surface area contributed by atoms with Crippen molar-refractivity contribution < 1.29 is 14.3 Å². The predicted octanol–water partition coefficient (Wildman–Crippen LogP) is 3.54. The van der Waals surface area contributed by atoms with E-state index in [0.717, 1.165) is 10.5 Å². The van der Waals surface area contributed by atoms with Crippen molar-refractivity contribution in [2.45, 2.75) is 4.90 Å². The monoisotopic (exact) mass is 358 g/mol. The highest BCUT2D eigenvalue weighted by Gasteiger charge is 2.09. The molecule has 7 heteroatoms. The molecule has 1 N–H and O–H groups in total. The molecule has 2 rings (SSSR count). The number of nitriles is 1. The van der Waals surface area contributed by atoms with E-state index in [4.69, 9.17) is 10.00 Å². The number of carbonyl (C=O) groups is 2. The van der Waals surface area contributed by atoms with Gasteiger partial charge in [-0.3, -0.25) is 4.79 Å². The number of amides is 1. The van der Waals surface area contributed by atoms with Crippen LogP contribution < -0.4 is 5.32 Å². The summed E-state index contributed by atoms with van der Waals surface area (Å²) in [5.41, 5.74) is 1.25. The van der Waals surface area contributed by atoms with Gasteiger partial charge in [0.25, 0.3) is 5.91 Å². The maximum Gasteiger partial charge on any atom is 0.331 e. The highest BCUT2D eigenvalue weighted by molar-refractivity contribution is 7.98. The molecule has 1 aromatic carbocycles. The normalized spacial score (nSPS) is 10.3. The smallest absolute Gasteiger partial charge is 0.331 e. The Hall–Kier alpha value is -2.56. The zero-order valence-electron chi connectivity index (χ0n) is 12.8. The van der Waals surface area contributed by atoms with Crippen LogP contribution in [-0.2, 0) is 14.3 Å². The van der Waals surface area contributed by atoms with Gasteiger partial charge in [-0.2, -0.15) is 5.26 Å². The maximum atomic E-state index is 11.7. The van der Waals surface area contributed by atoms with E-state index in [2.05, 4.69) is 5.32 Å². The van der Waals surface area contributed by atoms with Gasteiger partial charge in [0.05, 0.1) is 5.56 Å². The van der Waals surface area contributed by atoms with Crippen molar-refractivity contribution in [3.8, 4) is 6.07 Å². The average Bonchev–Trinajstić information content (AvgIpc) is 3.05. The molecule has 0 saturated heterocycles. The zero-order chi connectivity index (χ0) is 17.4. The van der Waals surface area contributed by atoms with E-state index in [0.29, 0.717) is 10.6 Å². The maximum absolute atomic E-state index is 11.7. The molecule has 0 atom stereocenters. The third-order valence-electron chi connectivity index (χ3n) is 2.91. The third-order valence-corrected chi connectivity index (χ3v) is 4.49. The molecular weight excluding hydrogens is 344 g/mol. The Morgan fingerprint density at radius 3 is 2.75 bits per heavy atom. The minimum Gasteiger partial charge on any atom is -0.452 e. The third kappa shape index (κ3) is 5.26. The summed E-state index contributed by atoms with van der Waals surface area (Å²) in [6, 6.07) is 11.3. The molecule has 2 aromatic rings. The molecule has 0 aliphatic heterocycles. The minimum absolute atomic E-state index is 0.383. The van der Waals surface area contributed by atoms with Crippen molar-refractivity contribution in [1.82, 2.24) is 0 Å². The molecule has 0 bridgehead atoms. The molecule has 0 spiro atoms. The highest BCUT2D eigenvalue weighted by Crippen LogP contribution is 2.21. The lowest BCUT2D eigenvalue weighted by atomic mass is 10.2. The Morgan fingerprint density at radius 2 is 2.08 bits per heavy atom. The fourth-order valence-corrected chi connectivity index (χ4v) is 2.88. The second-order valence-corrected chi connectivity index (χ2v) is 6.33. The number of hydrogen-bond acceptors (Lipinski definition) is 6. The number of anilines is 1. The summed E-state index contributed by atoms with van der Waals surface area (Å²) < 4.78 is 4.87. The van der Waals surface area contributed by atoms with Gasteiger partial charge in [0, 0.05) is 11.0 Å². The Bertz CT molecular complexity index is 789. The van der Waals surface area contributed by atoms with Crippen molar-refractivity contribution in [3.63, 3.8) is 0 Å². The molecular formula is C17H14N2O3S2. The van der Waals surface area contributed by atoms with Crippen molar-refractivity contribution in [2.24, 2.45) is 0 Å². The fourth-order valence-electron chi connectivity index (χ4n) is 1.72. The van der Waals surface area contributed by atoms with E-state index in [1.807, 2.05) is 36.6 Å². The highest BCUT2D eigenvalue weighted by atomic mass is 32.2. The molecule has 1 heterocycles. The van der Waals surface area contributed by atoms with Crippen LogP contribution >= 0.6 is 23.1 Å². The second-order valence-electron chi connectivity index (χ2n) is 4.54. The summed E-state index contributed by atoms with van der Waals surface area (Å²) in [6.07, 6.45) is 4.88. The van der Waals surface area contributed by atoms with Crippen molar-refractivity contribution in [3.05, 3.63) is 52.9 Å². The van der Waals surface area contributed by atoms with Gasteiger partial charge in [0.2, 0.25) is 0 Å². The van der Waals surface area contributed by atoms with Crippen LogP contribution in [-0.4, -0.2) is 24.7 Å². The Labute approximate surface area is 147 Å². The number of nitrogens with zero attached hydrogens (tertiary/aromatic N) is 1. The van der Waals surface area contributed by atoms with Crippen LogP contribution in [0.25, 0.3) is 6.08 Å². The molecule has 1 amide bonds. The molecule has 0 fully saturated rings. The number of rotatable bonds is 6. The number of carbonyl (C=O) groups excluding carboxylic acids is 2. The van der Waals surface area contributed by atoms with Crippen LogP contribution in [0.2, 0.25) is 0 Å². The number of thioether (sulfide) groups is 1. The van der Waals surface area contributed by atoms with E-state index in [-0.39, 0.29) is 0 Å². The SMILES string of the molecule is CSc1ccc(C=CC(=O)OCC(=O)Nc2sccc2C#N)cc1. The number of nitrogens with one attached hydrogen (secondary N) is 1. The molecule has 0 unspecified atom stereocenters. The molecule has 1 aromatic heterocycles. The first kappa shape index (κ1) is 17.8. The van der Waals surface area contributed by atoms with E-state index in [1.54, 1.807) is 29.3 Å². The number of esters is 1. The fraction of sp³-hybridized carbons (Fsp3) is 0.118. The topological polar surface area (TPSA) is 79.2 Å². The van der Waals surface area contributed by atoms with Gasteiger partial charge in [-0.05, 0) is 41.5 Å². The first-order chi connectivity index (χ1) is 11.6. The number of benzene rings is 1.